The molecule has 0 unspecified atom stereocenters. The minimum atomic E-state index is -0.928. The first-order chi connectivity index (χ1) is 11.3. The van der Waals surface area contributed by atoms with Crippen LogP contribution in [0.5, 0.6) is 0 Å². The average molecular weight is 1030 g/mol. The average Bonchev–Trinajstić information content (AvgIpc) is 2.48. The minimum Gasteiger partial charge on any atom is 0 e. The summed E-state index contributed by atoms with van der Waals surface area (Å²) in [5.74, 6) is -0.415. The number of hydrogen-bond donors (Lipinski definition) is 3. The number of carbonyl (C=O) groups is 3. The number of hydrogen-bond acceptors (Lipinski definition) is 6. The van der Waals surface area contributed by atoms with E-state index in [1.54, 1.807) is 27.7 Å². The summed E-state index contributed by atoms with van der Waals surface area (Å²) in [5.41, 5.74) is -1.66. The monoisotopic (exact) mass is 1030 g/mol. The van der Waals surface area contributed by atoms with Gasteiger partial charge in [0.05, 0.1) is 11.5 Å². The van der Waals surface area contributed by atoms with E-state index in [0.29, 0.717) is 0 Å². The van der Waals surface area contributed by atoms with E-state index < -0.39 is 16.9 Å². The zero-order valence-corrected chi connectivity index (χ0v) is 33.2. The van der Waals surface area contributed by atoms with Gasteiger partial charge in [0.1, 0.15) is 17.3 Å². The van der Waals surface area contributed by atoms with Gasteiger partial charge in [-0.1, -0.05) is 13.8 Å². The van der Waals surface area contributed by atoms with Gasteiger partial charge in [-0.3, -0.25) is 14.4 Å². The van der Waals surface area contributed by atoms with Crippen molar-refractivity contribution in [1.82, 2.24) is 0 Å². The Hall–Kier alpha value is -1.91. The Morgan fingerprint density at radius 2 is 1.30 bits per heavy atom. The molecule has 0 aliphatic rings. The fourth-order valence-corrected chi connectivity index (χ4v) is 1.33. The number of Topliss-reactive ketones (excluding diaryl/α,β-unsaturated/α-hetero) is 3. The van der Waals surface area contributed by atoms with Crippen LogP contribution in [0.15, 0.2) is 0 Å². The minimum absolute atomic E-state index is 0. The zero-order valence-electron chi connectivity index (χ0n) is 17.0. The molecule has 0 fully saturated rings. The molecule has 0 bridgehead atoms. The first kappa shape index (κ1) is 36.1. The van der Waals surface area contributed by atoms with E-state index in [4.69, 9.17) is 29.6 Å². The van der Waals surface area contributed by atoms with Gasteiger partial charge in [0.25, 0.3) is 0 Å². The molecule has 0 heterocycles. The molecule has 27 heavy (non-hydrogen) atoms. The smallest absolute Gasteiger partial charge is 0 e. The molecular formula is C16H30Cl2O6RuSg2. The number of ketones is 3. The molecule has 0 radical (unpaired) electrons. The molecule has 0 aromatic carbocycles. The Balaban J connectivity index is -0.0000000978. The standard InChI is InChI=1S/C8H16O3.C8H14O3.2ClH.Ru.2Sg/c2*1-6(10)8(2,3)7(11)4-5-9;;;;;/h7,9,11H,4-5H2,1-3H3;9H,4-5H2,1-3H3;2*1H;;;/q;;;;+2;;/p-2/t7-;;;;;;/m0....../s1. The van der Waals surface area contributed by atoms with E-state index in [1.807, 2.05) is 0 Å². The summed E-state index contributed by atoms with van der Waals surface area (Å²) in [4.78, 5) is 32.9. The molecule has 0 aliphatic heterocycles. The summed E-state index contributed by atoms with van der Waals surface area (Å²) >= 11 is -0.346. The Morgan fingerprint density at radius 3 is 1.52 bits per heavy atom. The molecule has 0 aromatic heterocycles. The fraction of sp³-hybridized carbons (Fsp3) is 0.812. The second-order valence-corrected chi connectivity index (χ2v) is 9.07. The molecule has 0 rings (SSSR count). The predicted octanol–water partition coefficient (Wildman–Crippen LogP) is 2.27. The molecule has 0 aliphatic carbocycles. The SMILES string of the molecule is CC(=O)C(C)(C)C(=O)CCO.CC(=O)C(C)(C)[C@@H](O)CCO.[Cl][Ru][Cl].[Sg].[Sg]. The number of carbonyl (C=O) groups excluding carboxylic acids is 3. The van der Waals surface area contributed by atoms with Gasteiger partial charge < -0.3 is 15.3 Å². The van der Waals surface area contributed by atoms with Gasteiger partial charge in [-0.2, -0.15) is 0 Å². The van der Waals surface area contributed by atoms with E-state index in [-0.39, 0.29) is 58.6 Å². The summed E-state index contributed by atoms with van der Waals surface area (Å²) in [7, 11) is 9.71. The fourth-order valence-electron chi connectivity index (χ4n) is 1.33. The maximum absolute atomic E-state index is 11.1. The van der Waals surface area contributed by atoms with Gasteiger partial charge >= 0.3 is 34.5 Å². The zero-order chi connectivity index (χ0) is 20.8. The molecule has 0 saturated heterocycles. The van der Waals surface area contributed by atoms with Crippen LogP contribution in [0.2, 0.25) is 0 Å². The van der Waals surface area contributed by atoms with E-state index in [0.717, 1.165) is 0 Å². The molecule has 11 heteroatoms. The van der Waals surface area contributed by atoms with Gasteiger partial charge in [0.2, 0.25) is 0 Å². The van der Waals surface area contributed by atoms with Gasteiger partial charge in [-0.15, -0.1) is 0 Å². The van der Waals surface area contributed by atoms with E-state index >= 15 is 0 Å². The molecule has 3 N–H and O–H groups in total. The number of halogens is 2. The quantitative estimate of drug-likeness (QED) is 0.255. The van der Waals surface area contributed by atoms with Crippen molar-refractivity contribution in [1.29, 1.82) is 0 Å². The van der Waals surface area contributed by atoms with Crippen LogP contribution in [0.25, 0.3) is 0 Å². The van der Waals surface area contributed by atoms with Crippen LogP contribution in [0.4, 0.5) is 0 Å². The van der Waals surface area contributed by atoms with E-state index in [1.165, 1.54) is 13.8 Å². The van der Waals surface area contributed by atoms with Crippen molar-refractivity contribution in [3.63, 3.8) is 0 Å². The summed E-state index contributed by atoms with van der Waals surface area (Å²) in [6.07, 6.45) is -0.427. The Bertz CT molecular complexity index is 424. The Morgan fingerprint density at radius 1 is 0.926 bits per heavy atom. The van der Waals surface area contributed by atoms with Crippen LogP contribution in [0.1, 0.15) is 54.4 Å². The molecule has 156 valence electrons. The first-order valence-electron chi connectivity index (χ1n) is 7.57. The molecule has 0 aromatic rings. The van der Waals surface area contributed by atoms with Crippen LogP contribution >= 0.6 is 19.4 Å². The molecule has 0 saturated carbocycles. The molecule has 1 atom stereocenters. The molecule has 0 spiro atoms. The van der Waals surface area contributed by atoms with Crippen molar-refractivity contribution in [2.45, 2.75) is 60.5 Å². The second kappa shape index (κ2) is 17.5. The summed E-state index contributed by atoms with van der Waals surface area (Å²) < 4.78 is 0. The Kier molecular flexibility index (Phi) is 23.4. The summed E-state index contributed by atoms with van der Waals surface area (Å²) in [6.45, 7) is 9.06. The third-order valence-electron chi connectivity index (χ3n) is 4.06. The molecular weight excluding hydrogens is 998 g/mol. The summed E-state index contributed by atoms with van der Waals surface area (Å²) in [6, 6.07) is 0. The van der Waals surface area contributed by atoms with Crippen molar-refractivity contribution >= 4 is 36.7 Å². The van der Waals surface area contributed by atoms with Crippen LogP contribution in [0.3, 0.4) is 0 Å². The third kappa shape index (κ3) is 14.9. The van der Waals surface area contributed by atoms with Crippen LogP contribution in [-0.4, -0.2) is 52.0 Å². The maximum Gasteiger partial charge on any atom is 0 e. The van der Waals surface area contributed by atoms with E-state index in [2.05, 4.69) is 0 Å². The van der Waals surface area contributed by atoms with Gasteiger partial charge in [-0.05, 0) is 34.1 Å². The Labute approximate surface area is 166 Å². The van der Waals surface area contributed by atoms with Gasteiger partial charge in [0, 0.05) is 25.0 Å². The van der Waals surface area contributed by atoms with Gasteiger partial charge in [-0.25, -0.2) is 0 Å². The topological polar surface area (TPSA) is 112 Å². The van der Waals surface area contributed by atoms with Crippen LogP contribution in [-0.2, 0) is 29.5 Å². The number of aliphatic hydroxyl groups excluding tert-OH is 3. The van der Waals surface area contributed by atoms with Crippen LogP contribution in [0, 0.1) is 10.8 Å². The molecule has 6 nitrogen and oxygen atoms in total. The normalized spacial score (nSPS) is 11.4. The van der Waals surface area contributed by atoms with Gasteiger partial charge in [0.15, 0.2) is 0 Å². The van der Waals surface area contributed by atoms with Crippen LogP contribution < -0.4 is 0 Å². The van der Waals surface area contributed by atoms with Crippen molar-refractivity contribution < 1.29 is 44.8 Å². The predicted molar refractivity (Wildman–Crippen MR) is 95.0 cm³/mol. The van der Waals surface area contributed by atoms with Crippen molar-refractivity contribution in [2.75, 3.05) is 13.2 Å². The first-order valence-corrected chi connectivity index (χ1v) is 12.0. The maximum atomic E-state index is 11.1. The largest absolute Gasteiger partial charge is 0 e. The van der Waals surface area contributed by atoms with E-state index in [9.17, 15) is 19.5 Å². The number of rotatable bonds is 8. The van der Waals surface area contributed by atoms with Crippen molar-refractivity contribution in [3.05, 3.63) is 0 Å². The van der Waals surface area contributed by atoms with Crippen molar-refractivity contribution in [3.8, 4) is 0 Å². The number of aliphatic hydroxyl groups is 3. The van der Waals surface area contributed by atoms with Crippen molar-refractivity contribution in [2.24, 2.45) is 10.8 Å². The second-order valence-electron chi connectivity index (χ2n) is 6.43. The third-order valence-corrected chi connectivity index (χ3v) is 4.06. The summed E-state index contributed by atoms with van der Waals surface area (Å²) in [5, 5.41) is 26.3. The molecule has 0 amide bonds.